The van der Waals surface area contributed by atoms with E-state index in [0.29, 0.717) is 0 Å². The van der Waals surface area contributed by atoms with Crippen LogP contribution in [0.15, 0.2) is 191 Å². The molecular weight excluding hydrogens is 908 g/mol. The molecule has 1 fully saturated rings. The molecule has 9 rings (SSSR count). The average Bonchev–Trinajstić information content (AvgIpc) is 3.31. The summed E-state index contributed by atoms with van der Waals surface area (Å²) in [5.74, 6) is 0. The van der Waals surface area contributed by atoms with Gasteiger partial charge in [-0.05, 0) is 183 Å². The van der Waals surface area contributed by atoms with Gasteiger partial charge in [-0.25, -0.2) is 0 Å². The fourth-order valence-corrected chi connectivity index (χ4v) is 10.5. The summed E-state index contributed by atoms with van der Waals surface area (Å²) in [6.45, 7) is 8.81. The second-order valence-electron chi connectivity index (χ2n) is 17.9. The largest absolute Gasteiger partial charge is 0.310 e. The van der Waals surface area contributed by atoms with Crippen molar-refractivity contribution in [3.8, 4) is 0 Å². The van der Waals surface area contributed by atoms with Gasteiger partial charge in [-0.2, -0.15) is 0 Å². The molecule has 8 aromatic carbocycles. The van der Waals surface area contributed by atoms with Gasteiger partial charge in [0.05, 0.1) is 0 Å². The van der Waals surface area contributed by atoms with Crippen LogP contribution in [0.1, 0.15) is 87.7 Å². The van der Waals surface area contributed by atoms with Crippen molar-refractivity contribution in [3.05, 3.63) is 247 Å². The molecule has 0 saturated heterocycles. The third-order valence-electron chi connectivity index (χ3n) is 13.3. The number of aryl methyl sites for hydroxylation is 4. The van der Waals surface area contributed by atoms with Crippen LogP contribution >= 0.6 is 31.9 Å². The quantitative estimate of drug-likeness (QED) is 0.120. The van der Waals surface area contributed by atoms with Crippen LogP contribution in [0.25, 0.3) is 0 Å². The fourth-order valence-electron chi connectivity index (χ4n) is 9.93. The lowest BCUT2D eigenvalue weighted by Crippen LogP contribution is -2.30. The Balaban J connectivity index is 1.03. The minimum atomic E-state index is -0.0477. The zero-order chi connectivity index (χ0) is 44.2. The van der Waals surface area contributed by atoms with Crippen molar-refractivity contribution < 1.29 is 0 Å². The molecule has 64 heavy (non-hydrogen) atoms. The summed E-state index contributed by atoms with van der Waals surface area (Å²) in [6.07, 6.45) is 7.84. The van der Waals surface area contributed by atoms with E-state index in [1.807, 2.05) is 0 Å². The molecule has 1 aliphatic rings. The highest BCUT2D eigenvalue weighted by atomic mass is 79.9. The van der Waals surface area contributed by atoms with Gasteiger partial charge in [0.2, 0.25) is 0 Å². The number of anilines is 6. The summed E-state index contributed by atoms with van der Waals surface area (Å²) in [7, 11) is 0. The number of halogens is 2. The number of benzene rings is 8. The Labute approximate surface area is 397 Å². The highest BCUT2D eigenvalue weighted by molar-refractivity contribution is 9.10. The van der Waals surface area contributed by atoms with E-state index in [9.17, 15) is 0 Å². The zero-order valence-corrected chi connectivity index (χ0v) is 40.6. The Hall–Kier alpha value is -5.68. The molecule has 8 aromatic rings. The van der Waals surface area contributed by atoms with E-state index in [-0.39, 0.29) is 5.41 Å². The van der Waals surface area contributed by atoms with Crippen LogP contribution in [0.3, 0.4) is 0 Å². The maximum Gasteiger partial charge on any atom is 0.0490 e. The van der Waals surface area contributed by atoms with Crippen molar-refractivity contribution in [2.24, 2.45) is 0 Å². The number of hydrogen-bond donors (Lipinski definition) is 0. The first kappa shape index (κ1) is 43.6. The van der Waals surface area contributed by atoms with E-state index in [1.165, 1.54) is 97.6 Å². The molecule has 0 unspecified atom stereocenters. The van der Waals surface area contributed by atoms with Crippen LogP contribution in [0, 0.1) is 27.7 Å². The second-order valence-corrected chi connectivity index (χ2v) is 19.8. The first-order valence-electron chi connectivity index (χ1n) is 22.7. The normalized spacial score (nSPS) is 13.4. The Kier molecular flexibility index (Phi) is 13.1. The number of hydrogen-bond acceptors (Lipinski definition) is 2. The predicted molar refractivity (Wildman–Crippen MR) is 279 cm³/mol. The highest BCUT2D eigenvalue weighted by Gasteiger charge is 2.36. The van der Waals surface area contributed by atoms with Gasteiger partial charge in [-0.15, -0.1) is 0 Å². The maximum atomic E-state index is 3.58. The molecule has 2 nitrogen and oxygen atoms in total. The van der Waals surface area contributed by atoms with Crippen LogP contribution in [0.4, 0.5) is 34.1 Å². The van der Waals surface area contributed by atoms with E-state index < -0.39 is 0 Å². The van der Waals surface area contributed by atoms with Gasteiger partial charge in [-0.1, -0.05) is 159 Å². The van der Waals surface area contributed by atoms with E-state index >= 15 is 0 Å². The molecule has 0 bridgehead atoms. The SMILES string of the molecule is Cc1ccc(N(c2ccc(Cc3ccc(Br)cc3)cc2)c2ccc(C3(c4ccc(N(c5ccc(Cc6ccc(Br)cc6)cc5)c5ccc(C)cc5C)cc4)CCCCC3)cc2)c(C)c1. The molecule has 0 atom stereocenters. The summed E-state index contributed by atoms with van der Waals surface area (Å²) in [6, 6.07) is 68.3. The first-order chi connectivity index (χ1) is 31.1. The Morgan fingerprint density at radius 3 is 1.02 bits per heavy atom. The van der Waals surface area contributed by atoms with Crippen LogP contribution < -0.4 is 9.80 Å². The average molecular weight is 965 g/mol. The van der Waals surface area contributed by atoms with E-state index in [0.717, 1.165) is 46.0 Å². The van der Waals surface area contributed by atoms with Crippen molar-refractivity contribution in [2.75, 3.05) is 9.80 Å². The molecule has 0 spiro atoms. The second kappa shape index (κ2) is 19.2. The monoisotopic (exact) mass is 962 g/mol. The van der Waals surface area contributed by atoms with Crippen molar-refractivity contribution in [3.63, 3.8) is 0 Å². The lowest BCUT2D eigenvalue weighted by Gasteiger charge is -2.39. The van der Waals surface area contributed by atoms with E-state index in [1.54, 1.807) is 0 Å². The van der Waals surface area contributed by atoms with Gasteiger partial charge >= 0.3 is 0 Å². The lowest BCUT2D eigenvalue weighted by atomic mass is 9.65. The predicted octanol–water partition coefficient (Wildman–Crippen LogP) is 17.8. The Morgan fingerprint density at radius 1 is 0.375 bits per heavy atom. The van der Waals surface area contributed by atoms with Crippen molar-refractivity contribution in [1.82, 2.24) is 0 Å². The van der Waals surface area contributed by atoms with Gasteiger partial charge in [0, 0.05) is 48.5 Å². The van der Waals surface area contributed by atoms with Crippen LogP contribution in [-0.4, -0.2) is 0 Å². The standard InChI is InChI=1S/C60H56Br2N2/c1-42-8-34-58(44(3)38-42)63(54-26-14-48(15-27-54)40-46-10-22-52(61)23-11-46)56-30-18-50(19-31-56)60(36-6-5-7-37-60)51-20-32-57(33-21-51)64(59-35-9-43(2)39-45(59)4)55-28-16-49(17-29-55)41-47-12-24-53(62)25-13-47/h8-35,38-39H,5-7,36-37,40-41H2,1-4H3. The maximum absolute atomic E-state index is 3.58. The van der Waals surface area contributed by atoms with Crippen molar-refractivity contribution in [1.29, 1.82) is 0 Å². The summed E-state index contributed by atoms with van der Waals surface area (Å²) < 4.78 is 2.21. The minimum absolute atomic E-state index is 0.0477. The van der Waals surface area contributed by atoms with Crippen LogP contribution in [-0.2, 0) is 18.3 Å². The van der Waals surface area contributed by atoms with Crippen LogP contribution in [0.5, 0.6) is 0 Å². The van der Waals surface area contributed by atoms with Gasteiger partial charge < -0.3 is 9.80 Å². The molecule has 0 heterocycles. The molecule has 320 valence electrons. The van der Waals surface area contributed by atoms with E-state index in [4.69, 9.17) is 0 Å². The molecule has 4 heteroatoms. The third-order valence-corrected chi connectivity index (χ3v) is 14.3. The van der Waals surface area contributed by atoms with Crippen LogP contribution in [0.2, 0.25) is 0 Å². The molecular formula is C60H56Br2N2. The fraction of sp³-hybridized carbons (Fsp3) is 0.200. The summed E-state index contributed by atoms with van der Waals surface area (Å²) in [5.41, 5.74) is 20.1. The van der Waals surface area contributed by atoms with Gasteiger partial charge in [0.25, 0.3) is 0 Å². The minimum Gasteiger partial charge on any atom is -0.310 e. The van der Waals surface area contributed by atoms with Crippen molar-refractivity contribution in [2.45, 2.75) is 78.1 Å². The smallest absolute Gasteiger partial charge is 0.0490 e. The zero-order valence-electron chi connectivity index (χ0n) is 37.4. The molecule has 0 amide bonds. The molecule has 0 aromatic heterocycles. The summed E-state index contributed by atoms with van der Waals surface area (Å²) in [5, 5.41) is 0. The molecule has 0 N–H and O–H groups in total. The summed E-state index contributed by atoms with van der Waals surface area (Å²) >= 11 is 7.16. The van der Waals surface area contributed by atoms with Gasteiger partial charge in [-0.3, -0.25) is 0 Å². The number of nitrogens with zero attached hydrogens (tertiary/aromatic N) is 2. The highest BCUT2D eigenvalue weighted by Crippen LogP contribution is 2.47. The van der Waals surface area contributed by atoms with Gasteiger partial charge in [0.1, 0.15) is 0 Å². The third kappa shape index (κ3) is 9.55. The lowest BCUT2D eigenvalue weighted by molar-refractivity contribution is 0.346. The molecule has 0 radical (unpaired) electrons. The van der Waals surface area contributed by atoms with Crippen molar-refractivity contribution >= 4 is 66.0 Å². The van der Waals surface area contributed by atoms with Gasteiger partial charge in [0.15, 0.2) is 0 Å². The topological polar surface area (TPSA) is 6.48 Å². The molecule has 0 aliphatic heterocycles. The Bertz CT molecular complexity index is 2630. The molecule has 1 aliphatic carbocycles. The summed E-state index contributed by atoms with van der Waals surface area (Å²) in [4.78, 5) is 4.86. The first-order valence-corrected chi connectivity index (χ1v) is 24.3. The molecule has 1 saturated carbocycles. The Morgan fingerprint density at radius 2 is 0.688 bits per heavy atom. The van der Waals surface area contributed by atoms with E-state index in [2.05, 4.69) is 251 Å². The number of rotatable bonds is 12.